The maximum absolute atomic E-state index is 13.9. The van der Waals surface area contributed by atoms with E-state index in [1.165, 1.54) is 11.4 Å². The number of nitrogens with zero attached hydrogens (tertiary/aromatic N) is 4. The summed E-state index contributed by atoms with van der Waals surface area (Å²) in [4.78, 5) is 22.9. The van der Waals surface area contributed by atoms with Crippen LogP contribution < -0.4 is 21.1 Å². The Morgan fingerprint density at radius 1 is 1.02 bits per heavy atom. The van der Waals surface area contributed by atoms with Crippen molar-refractivity contribution in [2.45, 2.75) is 72.8 Å². The zero-order valence-corrected chi connectivity index (χ0v) is 30.0. The quantitative estimate of drug-likeness (QED) is 0.332. The second-order valence-corrected chi connectivity index (χ2v) is 14.5. The van der Waals surface area contributed by atoms with Crippen LogP contribution in [0.5, 0.6) is 0 Å². The van der Waals surface area contributed by atoms with Gasteiger partial charge in [-0.2, -0.15) is 13.2 Å². The highest BCUT2D eigenvalue weighted by atomic mass is 31.1. The molecule has 0 radical (unpaired) electrons. The van der Waals surface area contributed by atoms with E-state index in [-0.39, 0.29) is 25.2 Å². The molecule has 2 unspecified atom stereocenters. The molecule has 0 aromatic carbocycles. The van der Waals surface area contributed by atoms with Crippen LogP contribution >= 0.6 is 7.92 Å². The van der Waals surface area contributed by atoms with Crippen LogP contribution in [-0.2, 0) is 7.05 Å². The van der Waals surface area contributed by atoms with E-state index < -0.39 is 18.3 Å². The molecule has 0 aliphatic carbocycles. The highest BCUT2D eigenvalue weighted by Gasteiger charge is 2.43. The molecule has 0 saturated carbocycles. The summed E-state index contributed by atoms with van der Waals surface area (Å²) in [5, 5.41) is 7.03. The van der Waals surface area contributed by atoms with E-state index in [1.807, 2.05) is 52.0 Å². The Morgan fingerprint density at radius 3 is 2.28 bits per heavy atom. The Balaban J connectivity index is 0.00000282. The van der Waals surface area contributed by atoms with Gasteiger partial charge < -0.3 is 15.5 Å². The monoisotopic (exact) mass is 660 g/mol. The van der Waals surface area contributed by atoms with E-state index in [4.69, 9.17) is 4.99 Å². The van der Waals surface area contributed by atoms with Crippen LogP contribution in [0.2, 0.25) is 0 Å². The van der Waals surface area contributed by atoms with Crippen molar-refractivity contribution >= 4 is 19.5 Å². The van der Waals surface area contributed by atoms with Gasteiger partial charge in [0.2, 0.25) is 0 Å². The molecule has 7 nitrogen and oxygen atoms in total. The van der Waals surface area contributed by atoms with Gasteiger partial charge in [-0.25, -0.2) is 0 Å². The average Bonchev–Trinajstić information content (AvgIpc) is 3.01. The molecule has 46 heavy (non-hydrogen) atoms. The second-order valence-electron chi connectivity index (χ2n) is 12.2. The zero-order valence-electron chi connectivity index (χ0n) is 29.1. The molecule has 0 bridgehead atoms. The minimum atomic E-state index is -4.45. The molecule has 0 spiro atoms. The number of halogens is 3. The lowest BCUT2D eigenvalue weighted by molar-refractivity contribution is -0.146. The third kappa shape index (κ3) is 9.25. The molecule has 1 saturated heterocycles. The van der Waals surface area contributed by atoms with Crippen LogP contribution in [0, 0.1) is 13.8 Å². The van der Waals surface area contributed by atoms with E-state index in [9.17, 15) is 18.0 Å². The Bertz CT molecular complexity index is 1480. The maximum atomic E-state index is 13.9. The number of alkyl halides is 3. The number of allylic oxidation sites excluding steroid dienone is 4. The average molecular weight is 661 g/mol. The minimum Gasteiger partial charge on any atom is -0.380 e. The van der Waals surface area contributed by atoms with Gasteiger partial charge in [-0.05, 0) is 77.0 Å². The summed E-state index contributed by atoms with van der Waals surface area (Å²) in [6, 6.07) is 5.64. The van der Waals surface area contributed by atoms with Gasteiger partial charge in [0.05, 0.1) is 6.54 Å². The largest absolute Gasteiger partial charge is 0.414 e. The highest BCUT2D eigenvalue weighted by Crippen LogP contribution is 2.39. The molecule has 3 atom stereocenters. The lowest BCUT2D eigenvalue weighted by atomic mass is 10.0. The molecule has 3 aliphatic heterocycles. The van der Waals surface area contributed by atoms with Crippen LogP contribution in [0.15, 0.2) is 69.0 Å². The third-order valence-electron chi connectivity index (χ3n) is 8.48. The van der Waals surface area contributed by atoms with Gasteiger partial charge in [0.15, 0.2) is 6.04 Å². The first-order chi connectivity index (χ1) is 21.6. The number of rotatable bonds is 6. The SMILES string of the molecule is CC.CC1=CC=C(N[C@H](C)c2ccc(N3CCN(C4C=C(P(C)C)C(C)=NC4)CC3)n(C)c(=O)c(C)cc(C)c2)C(C(F)(F)F)N1. The standard InChI is InChI=1S/C33H46F3N6OP.C2H6/c1-21-17-22(2)32(43)40(6)30(42-15-13-41(14-16-42)27-19-29(44(7)8)25(5)37-20-27)12-10-26(18-21)24(4)39-28-11-9-23(3)38-31(28)33(34,35)36;1-2/h9-12,17-19,24,27,31,38-39H,13-16,20H2,1-8H3;1-2H3/t24-,27?,31?;/m1./s1. The summed E-state index contributed by atoms with van der Waals surface area (Å²) in [5.74, 6) is 0.768. The summed E-state index contributed by atoms with van der Waals surface area (Å²) in [6.07, 6.45) is 1.09. The molecular formula is C35H52F3N6OP. The molecule has 11 heteroatoms. The molecule has 1 aromatic heterocycles. The van der Waals surface area contributed by atoms with Gasteiger partial charge in [-0.15, -0.1) is 0 Å². The van der Waals surface area contributed by atoms with Crippen LogP contribution in [0.4, 0.5) is 19.0 Å². The normalized spacial score (nSPS) is 21.0. The van der Waals surface area contributed by atoms with Crippen molar-refractivity contribution in [2.75, 3.05) is 51.0 Å². The van der Waals surface area contributed by atoms with E-state index >= 15 is 0 Å². The molecule has 4 rings (SSSR count). The minimum absolute atomic E-state index is 0.0668. The smallest absolute Gasteiger partial charge is 0.380 e. The van der Waals surface area contributed by atoms with Crippen molar-refractivity contribution in [3.63, 3.8) is 0 Å². The van der Waals surface area contributed by atoms with Crippen molar-refractivity contribution in [2.24, 2.45) is 12.0 Å². The number of aromatic nitrogens is 1. The molecule has 1 aromatic rings. The maximum Gasteiger partial charge on any atom is 0.414 e. The molecule has 1 fully saturated rings. The lowest BCUT2D eigenvalue weighted by Crippen LogP contribution is -2.52. The van der Waals surface area contributed by atoms with Gasteiger partial charge in [0, 0.05) is 68.0 Å². The summed E-state index contributed by atoms with van der Waals surface area (Å²) < 4.78 is 43.3. The highest BCUT2D eigenvalue weighted by molar-refractivity contribution is 7.61. The van der Waals surface area contributed by atoms with Crippen molar-refractivity contribution in [3.8, 4) is 0 Å². The van der Waals surface area contributed by atoms with Gasteiger partial charge in [0.25, 0.3) is 5.56 Å². The fourth-order valence-corrected chi connectivity index (χ4v) is 7.21. The van der Waals surface area contributed by atoms with Crippen LogP contribution in [0.1, 0.15) is 57.4 Å². The Morgan fingerprint density at radius 2 is 1.67 bits per heavy atom. The molecule has 3 aliphatic rings. The van der Waals surface area contributed by atoms with Crippen molar-refractivity contribution < 1.29 is 13.2 Å². The van der Waals surface area contributed by atoms with E-state index in [0.29, 0.717) is 11.3 Å². The van der Waals surface area contributed by atoms with E-state index in [2.05, 4.69) is 46.8 Å². The number of hydrogen-bond acceptors (Lipinski definition) is 6. The summed E-state index contributed by atoms with van der Waals surface area (Å²) in [5.41, 5.74) is 3.83. The Hall–Kier alpha value is -3.10. The van der Waals surface area contributed by atoms with Crippen LogP contribution in [0.3, 0.4) is 0 Å². The van der Waals surface area contributed by atoms with E-state index in [1.54, 1.807) is 31.5 Å². The predicted molar refractivity (Wildman–Crippen MR) is 189 cm³/mol. The molecule has 4 heterocycles. The van der Waals surface area contributed by atoms with Gasteiger partial charge in [-0.1, -0.05) is 51.6 Å². The number of aliphatic imine (C=N–C) groups is 1. The number of aryl methyl sites for hydroxylation is 2. The Labute approximate surface area is 274 Å². The number of nitrogens with one attached hydrogen (secondary N) is 2. The van der Waals surface area contributed by atoms with E-state index in [0.717, 1.165) is 55.4 Å². The zero-order chi connectivity index (χ0) is 34.3. The first-order valence-corrected chi connectivity index (χ1v) is 18.3. The first kappa shape index (κ1) is 37.4. The summed E-state index contributed by atoms with van der Waals surface area (Å²) >= 11 is 0. The summed E-state index contributed by atoms with van der Waals surface area (Å²) in [6.45, 7) is 21.7. The number of hydrogen-bond donors (Lipinski definition) is 2. The van der Waals surface area contributed by atoms with Gasteiger partial charge >= 0.3 is 6.18 Å². The molecular weight excluding hydrogens is 608 g/mol. The summed E-state index contributed by atoms with van der Waals surface area (Å²) in [7, 11) is 1.56. The third-order valence-corrected chi connectivity index (χ3v) is 9.92. The topological polar surface area (TPSA) is 64.9 Å². The fourth-order valence-electron chi connectivity index (χ4n) is 6.02. The van der Waals surface area contributed by atoms with Gasteiger partial charge in [-0.3, -0.25) is 19.3 Å². The van der Waals surface area contributed by atoms with Crippen LogP contribution in [0.25, 0.3) is 0 Å². The van der Waals surface area contributed by atoms with Crippen LogP contribution in [-0.4, -0.2) is 79.5 Å². The lowest BCUT2D eigenvalue weighted by Gasteiger charge is -2.40. The molecule has 0 amide bonds. The first-order valence-electron chi connectivity index (χ1n) is 16.1. The predicted octanol–water partition coefficient (Wildman–Crippen LogP) is 6.72. The second kappa shape index (κ2) is 16.1. The molecule has 2 N–H and O–H groups in total. The fraction of sp³-hybridized carbons (Fsp3) is 0.543. The number of anilines is 1. The van der Waals surface area contributed by atoms with Crippen molar-refractivity contribution in [1.29, 1.82) is 0 Å². The van der Waals surface area contributed by atoms with Gasteiger partial charge in [0.1, 0.15) is 5.82 Å². The molecule has 254 valence electrons. The number of dihydropyridines is 2. The van der Waals surface area contributed by atoms with Crippen molar-refractivity contribution in [1.82, 2.24) is 20.1 Å². The Kier molecular flexibility index (Phi) is 13.1. The number of piperazine rings is 1. The van der Waals surface area contributed by atoms with Crippen molar-refractivity contribution in [3.05, 3.63) is 86.2 Å².